The fraction of sp³-hybridized carbons (Fsp3) is 0.250. The van der Waals surface area contributed by atoms with Gasteiger partial charge >= 0.3 is 0 Å². The van der Waals surface area contributed by atoms with Gasteiger partial charge in [0.05, 0.1) is 5.25 Å². The number of aliphatic hydroxyl groups is 1. The first kappa shape index (κ1) is 12.6. The molecule has 0 amide bonds. The van der Waals surface area contributed by atoms with E-state index in [-0.39, 0.29) is 5.25 Å². The maximum atomic E-state index is 12.0. The molecule has 3 heteroatoms. The van der Waals surface area contributed by atoms with Crippen LogP contribution in [0.1, 0.15) is 17.5 Å². The van der Waals surface area contributed by atoms with E-state index in [0.29, 0.717) is 5.75 Å². The highest BCUT2D eigenvalue weighted by molar-refractivity contribution is 7.87. The molecule has 0 aromatic heterocycles. The smallest absolute Gasteiger partial charge is 0.129 e. The van der Waals surface area contributed by atoms with E-state index in [0.717, 1.165) is 17.5 Å². The van der Waals surface area contributed by atoms with Crippen molar-refractivity contribution in [2.75, 3.05) is 5.75 Å². The fourth-order valence-corrected chi connectivity index (χ4v) is 3.97. The van der Waals surface area contributed by atoms with Crippen LogP contribution in [0.15, 0.2) is 60.7 Å². The van der Waals surface area contributed by atoms with Crippen LogP contribution < -0.4 is 0 Å². The maximum absolute atomic E-state index is 12.0. The summed E-state index contributed by atoms with van der Waals surface area (Å²) in [5.74, 6) is 0.687. The van der Waals surface area contributed by atoms with E-state index < -0.39 is 16.4 Å². The predicted molar refractivity (Wildman–Crippen MR) is 77.3 cm³/mol. The van der Waals surface area contributed by atoms with Crippen molar-refractivity contribution in [2.45, 2.75) is 17.3 Å². The van der Waals surface area contributed by atoms with E-state index in [1.165, 1.54) is 0 Å². The lowest BCUT2D eigenvalue weighted by Crippen LogP contribution is -2.50. The van der Waals surface area contributed by atoms with Gasteiger partial charge in [-0.05, 0) is 17.5 Å². The Morgan fingerprint density at radius 2 is 1.42 bits per heavy atom. The van der Waals surface area contributed by atoms with E-state index in [4.69, 9.17) is 0 Å². The average Bonchev–Trinajstić information content (AvgIpc) is 2.47. The number of hydrogen-bond donors (Lipinski definition) is 1. The van der Waals surface area contributed by atoms with Crippen LogP contribution in [0.2, 0.25) is 0 Å². The van der Waals surface area contributed by atoms with Gasteiger partial charge in [0.2, 0.25) is 0 Å². The molecule has 1 aliphatic rings. The number of rotatable bonds is 3. The van der Waals surface area contributed by atoms with Crippen LogP contribution in [0.3, 0.4) is 0 Å². The molecule has 0 aliphatic carbocycles. The van der Waals surface area contributed by atoms with Crippen LogP contribution >= 0.6 is 0 Å². The first-order valence-electron chi connectivity index (χ1n) is 6.43. The van der Waals surface area contributed by atoms with Crippen LogP contribution in [0.25, 0.3) is 0 Å². The Kier molecular flexibility index (Phi) is 3.25. The molecule has 1 heterocycles. The highest BCUT2D eigenvalue weighted by Crippen LogP contribution is 2.40. The van der Waals surface area contributed by atoms with Crippen molar-refractivity contribution < 1.29 is 9.32 Å². The molecule has 1 N–H and O–H groups in total. The second-order valence-corrected chi connectivity index (χ2v) is 6.60. The molecule has 2 aromatic rings. The topological polar surface area (TPSA) is 37.3 Å². The molecule has 2 atom stereocenters. The lowest BCUT2D eigenvalue weighted by atomic mass is 9.82. The third kappa shape index (κ3) is 2.03. The highest BCUT2D eigenvalue weighted by atomic mass is 32.2. The van der Waals surface area contributed by atoms with E-state index >= 15 is 0 Å². The monoisotopic (exact) mass is 272 g/mol. The van der Waals surface area contributed by atoms with Gasteiger partial charge in [-0.25, -0.2) is 0 Å². The van der Waals surface area contributed by atoms with E-state index in [2.05, 4.69) is 0 Å². The summed E-state index contributed by atoms with van der Waals surface area (Å²) in [4.78, 5) is 0. The summed E-state index contributed by atoms with van der Waals surface area (Å²) < 4.78 is 12.0. The summed E-state index contributed by atoms with van der Waals surface area (Å²) in [6.45, 7) is 0. The van der Waals surface area contributed by atoms with E-state index in [1.54, 1.807) is 0 Å². The zero-order valence-electron chi connectivity index (χ0n) is 10.5. The Labute approximate surface area is 115 Å². The lowest BCUT2D eigenvalue weighted by molar-refractivity contribution is 0.0710. The number of hydrogen-bond acceptors (Lipinski definition) is 2. The molecule has 98 valence electrons. The minimum absolute atomic E-state index is 0.211. The van der Waals surface area contributed by atoms with Gasteiger partial charge in [-0.15, -0.1) is 0 Å². The van der Waals surface area contributed by atoms with Crippen molar-refractivity contribution in [3.05, 3.63) is 71.8 Å². The summed E-state index contributed by atoms with van der Waals surface area (Å²) in [5.41, 5.74) is 0.490. The summed E-state index contributed by atoms with van der Waals surface area (Å²) in [6.07, 6.45) is 0.799. The first-order chi connectivity index (χ1) is 9.23. The molecule has 1 aliphatic heterocycles. The Morgan fingerprint density at radius 3 is 1.74 bits per heavy atom. The zero-order valence-corrected chi connectivity index (χ0v) is 11.3. The second kappa shape index (κ2) is 4.91. The second-order valence-electron chi connectivity index (χ2n) is 4.86. The lowest BCUT2D eigenvalue weighted by Gasteiger charge is -2.41. The van der Waals surface area contributed by atoms with Gasteiger partial charge in [0.15, 0.2) is 0 Å². The molecule has 0 saturated carbocycles. The van der Waals surface area contributed by atoms with E-state index in [9.17, 15) is 9.32 Å². The normalized spacial score (nSPS) is 22.8. The fourth-order valence-electron chi connectivity index (χ4n) is 2.65. The summed E-state index contributed by atoms with van der Waals surface area (Å²) in [7, 11) is -0.950. The Morgan fingerprint density at radius 1 is 0.947 bits per heavy atom. The minimum Gasteiger partial charge on any atom is -0.379 e. The molecular weight excluding hydrogens is 256 g/mol. The third-order valence-corrected chi connectivity index (χ3v) is 5.64. The van der Waals surface area contributed by atoms with Crippen LogP contribution in [0.4, 0.5) is 0 Å². The standard InChI is InChI=1S/C16H16O2S/c17-16(15-11-12-19(15)18,13-7-3-1-4-8-13)14-9-5-2-6-10-14/h1-10,15,17H,11-12H2/t15-,19+/m1/s1. The molecule has 1 fully saturated rings. The molecule has 1 saturated heterocycles. The van der Waals surface area contributed by atoms with Gasteiger partial charge in [-0.2, -0.15) is 0 Å². The molecule has 2 nitrogen and oxygen atoms in total. The predicted octanol–water partition coefficient (Wildman–Crippen LogP) is 2.44. The Hall–Kier alpha value is -1.45. The van der Waals surface area contributed by atoms with Crippen LogP contribution in [0, 0.1) is 0 Å². The molecule has 0 radical (unpaired) electrons. The molecule has 3 rings (SSSR count). The number of benzene rings is 2. The van der Waals surface area contributed by atoms with Crippen molar-refractivity contribution in [1.29, 1.82) is 0 Å². The third-order valence-electron chi connectivity index (χ3n) is 3.79. The minimum atomic E-state index is -1.15. The summed E-state index contributed by atoms with van der Waals surface area (Å²) in [6, 6.07) is 19.1. The zero-order chi connectivity index (χ0) is 13.3. The average molecular weight is 272 g/mol. The van der Waals surface area contributed by atoms with Gasteiger partial charge in [0.1, 0.15) is 5.60 Å². The maximum Gasteiger partial charge on any atom is 0.129 e. The Balaban J connectivity index is 2.13. The largest absolute Gasteiger partial charge is 0.379 e. The van der Waals surface area contributed by atoms with Crippen LogP contribution in [0.5, 0.6) is 0 Å². The van der Waals surface area contributed by atoms with Gasteiger partial charge in [-0.3, -0.25) is 4.21 Å². The quantitative estimate of drug-likeness (QED) is 0.932. The van der Waals surface area contributed by atoms with E-state index in [1.807, 2.05) is 60.7 Å². The van der Waals surface area contributed by atoms with Crippen molar-refractivity contribution in [1.82, 2.24) is 0 Å². The summed E-state index contributed by atoms with van der Waals surface area (Å²) >= 11 is 0. The van der Waals surface area contributed by atoms with Crippen LogP contribution in [-0.2, 0) is 16.4 Å². The molecule has 2 aromatic carbocycles. The Bertz CT molecular complexity index is 541. The summed E-state index contributed by atoms with van der Waals surface area (Å²) in [5, 5.41) is 11.0. The molecule has 0 bridgehead atoms. The van der Waals surface area contributed by atoms with Crippen molar-refractivity contribution in [3.63, 3.8) is 0 Å². The van der Waals surface area contributed by atoms with Gasteiger partial charge in [-0.1, -0.05) is 60.7 Å². The molecular formula is C16H16O2S. The van der Waals surface area contributed by atoms with Gasteiger partial charge in [0.25, 0.3) is 0 Å². The SMILES string of the molecule is O=[S@]1CC[C@@H]1C(O)(c1ccccc1)c1ccccc1. The van der Waals surface area contributed by atoms with Gasteiger partial charge < -0.3 is 5.11 Å². The molecule has 0 spiro atoms. The van der Waals surface area contributed by atoms with Crippen molar-refractivity contribution in [3.8, 4) is 0 Å². The van der Waals surface area contributed by atoms with Crippen molar-refractivity contribution in [2.24, 2.45) is 0 Å². The van der Waals surface area contributed by atoms with Gasteiger partial charge in [0, 0.05) is 16.6 Å². The molecule has 0 unspecified atom stereocenters. The van der Waals surface area contributed by atoms with Crippen LogP contribution in [-0.4, -0.2) is 20.3 Å². The van der Waals surface area contributed by atoms with Crippen molar-refractivity contribution >= 4 is 10.8 Å². The first-order valence-corrected chi connectivity index (χ1v) is 7.82. The highest BCUT2D eigenvalue weighted by Gasteiger charge is 2.47. The molecule has 19 heavy (non-hydrogen) atoms.